The Morgan fingerprint density at radius 1 is 0.281 bits per heavy atom. The molecule has 0 amide bonds. The van der Waals surface area contributed by atoms with Gasteiger partial charge in [-0.1, -0.05) is 176 Å². The van der Waals surface area contributed by atoms with E-state index in [1.807, 2.05) is 0 Å². The van der Waals surface area contributed by atoms with Gasteiger partial charge in [-0.15, -0.1) is 0 Å². The van der Waals surface area contributed by atoms with Crippen molar-refractivity contribution in [3.63, 3.8) is 0 Å². The van der Waals surface area contributed by atoms with Gasteiger partial charge in [0.2, 0.25) is 0 Å². The lowest BCUT2D eigenvalue weighted by Crippen LogP contribution is -2.10. The van der Waals surface area contributed by atoms with Gasteiger partial charge >= 0.3 is 0 Å². The maximum absolute atomic E-state index is 2.43. The molecular weight excluding hydrogens is 773 g/mol. The molecule has 2 nitrogen and oxygen atoms in total. The average Bonchev–Trinajstić information content (AvgIpc) is 3.69. The molecule has 0 spiro atoms. The van der Waals surface area contributed by atoms with Crippen LogP contribution in [0.2, 0.25) is 0 Å². The van der Waals surface area contributed by atoms with Gasteiger partial charge in [0.15, 0.2) is 0 Å². The highest BCUT2D eigenvalue weighted by Gasteiger charge is 2.21. The Hall–Kier alpha value is -8.46. The smallest absolute Gasteiger partial charge is 0.0553 e. The zero-order valence-electron chi connectivity index (χ0n) is 35.0. The molecule has 0 unspecified atom stereocenters. The molecule has 0 saturated heterocycles. The van der Waals surface area contributed by atoms with Crippen LogP contribution < -0.4 is 4.90 Å². The van der Waals surface area contributed by atoms with Crippen molar-refractivity contribution in [2.24, 2.45) is 0 Å². The second-order valence-corrected chi connectivity index (χ2v) is 16.9. The predicted octanol–water partition coefficient (Wildman–Crippen LogP) is 17.4. The Morgan fingerprint density at radius 3 is 1.64 bits per heavy atom. The van der Waals surface area contributed by atoms with Crippen LogP contribution in [0.1, 0.15) is 0 Å². The van der Waals surface area contributed by atoms with Crippen molar-refractivity contribution in [3.8, 4) is 27.9 Å². The van der Waals surface area contributed by atoms with Crippen LogP contribution in [0.15, 0.2) is 243 Å². The summed E-state index contributed by atoms with van der Waals surface area (Å²) in [6.07, 6.45) is 0. The molecule has 0 fully saturated rings. The Morgan fingerprint density at radius 2 is 0.844 bits per heavy atom. The molecule has 12 aromatic carbocycles. The molecule has 64 heavy (non-hydrogen) atoms. The van der Waals surface area contributed by atoms with Crippen molar-refractivity contribution in [1.29, 1.82) is 0 Å². The largest absolute Gasteiger partial charge is 0.310 e. The molecule has 1 heterocycles. The van der Waals surface area contributed by atoms with E-state index in [9.17, 15) is 0 Å². The number of benzene rings is 12. The van der Waals surface area contributed by atoms with E-state index in [4.69, 9.17) is 0 Å². The maximum atomic E-state index is 2.43. The molecule has 0 aliphatic rings. The van der Waals surface area contributed by atoms with Crippen LogP contribution in [0.3, 0.4) is 0 Å². The summed E-state index contributed by atoms with van der Waals surface area (Å²) in [6.45, 7) is 0. The van der Waals surface area contributed by atoms with Crippen LogP contribution in [0.25, 0.3) is 104 Å². The third-order valence-corrected chi connectivity index (χ3v) is 13.3. The van der Waals surface area contributed by atoms with E-state index in [1.165, 1.54) is 97.9 Å². The van der Waals surface area contributed by atoms with E-state index >= 15 is 0 Å². The first-order chi connectivity index (χ1) is 31.7. The highest BCUT2D eigenvalue weighted by atomic mass is 15.1. The summed E-state index contributed by atoms with van der Waals surface area (Å²) < 4.78 is 2.43. The number of hydrogen-bond acceptors (Lipinski definition) is 1. The van der Waals surface area contributed by atoms with Gasteiger partial charge in [-0.25, -0.2) is 0 Å². The second-order valence-electron chi connectivity index (χ2n) is 16.9. The van der Waals surface area contributed by atoms with Crippen LogP contribution in [0.4, 0.5) is 17.1 Å². The Labute approximate surface area is 371 Å². The minimum atomic E-state index is 1.09. The van der Waals surface area contributed by atoms with Crippen LogP contribution >= 0.6 is 0 Å². The lowest BCUT2D eigenvalue weighted by molar-refractivity contribution is 1.18. The highest BCUT2D eigenvalue weighted by molar-refractivity contribution is 6.23. The predicted molar refractivity (Wildman–Crippen MR) is 274 cm³/mol. The highest BCUT2D eigenvalue weighted by Crippen LogP contribution is 2.46. The number of hydrogen-bond donors (Lipinski definition) is 0. The van der Waals surface area contributed by atoms with Crippen LogP contribution in [-0.2, 0) is 0 Å². The van der Waals surface area contributed by atoms with Crippen LogP contribution in [0.5, 0.6) is 0 Å². The topological polar surface area (TPSA) is 8.17 Å². The van der Waals surface area contributed by atoms with E-state index in [0.29, 0.717) is 0 Å². The second kappa shape index (κ2) is 14.6. The van der Waals surface area contributed by atoms with Gasteiger partial charge < -0.3 is 9.47 Å². The summed E-state index contributed by atoms with van der Waals surface area (Å²) in [5.41, 5.74) is 11.7. The van der Waals surface area contributed by atoms with E-state index in [0.717, 1.165) is 22.7 Å². The third kappa shape index (κ3) is 5.73. The van der Waals surface area contributed by atoms with Gasteiger partial charge in [0.25, 0.3) is 0 Å². The molecular formula is C62H40N2. The standard InChI is InChI=1S/C62H40N2/c1-2-19-47(20-3-1)64-59-28-13-12-27-57(59)62-60(64)40-44-17-6-9-24-54(44)61(62)46-18-14-21-49(38-46)63(50-35-36-53-45(37-50)30-29-41-15-4-7-22-51(41)53)48-33-31-42(32-34-48)58-39-43-16-5-8-23-52(43)55-25-10-11-26-56(55)58/h1-40H. The first-order valence-corrected chi connectivity index (χ1v) is 22.1. The van der Waals surface area contributed by atoms with Crippen molar-refractivity contribution < 1.29 is 0 Å². The van der Waals surface area contributed by atoms with Gasteiger partial charge in [0.05, 0.1) is 11.0 Å². The minimum absolute atomic E-state index is 1.09. The molecule has 0 radical (unpaired) electrons. The molecule has 13 aromatic rings. The molecule has 2 heteroatoms. The number of fused-ring (bicyclic) bond motifs is 10. The molecule has 0 N–H and O–H groups in total. The molecule has 0 saturated carbocycles. The molecule has 0 aliphatic heterocycles. The normalized spacial score (nSPS) is 11.8. The summed E-state index contributed by atoms with van der Waals surface area (Å²) in [6, 6.07) is 89.2. The molecule has 1 aromatic heterocycles. The van der Waals surface area contributed by atoms with Gasteiger partial charge in [-0.05, 0) is 143 Å². The number of aromatic nitrogens is 1. The van der Waals surface area contributed by atoms with Crippen LogP contribution in [-0.4, -0.2) is 4.57 Å². The molecule has 0 aliphatic carbocycles. The molecule has 0 bridgehead atoms. The number of rotatable bonds is 6. The van der Waals surface area contributed by atoms with Gasteiger partial charge in [-0.2, -0.15) is 0 Å². The third-order valence-electron chi connectivity index (χ3n) is 13.3. The number of anilines is 3. The summed E-state index contributed by atoms with van der Waals surface area (Å²) >= 11 is 0. The maximum Gasteiger partial charge on any atom is 0.0553 e. The van der Waals surface area contributed by atoms with E-state index < -0.39 is 0 Å². The zero-order valence-corrected chi connectivity index (χ0v) is 35.0. The van der Waals surface area contributed by atoms with Crippen molar-refractivity contribution in [1.82, 2.24) is 4.57 Å². The first-order valence-electron chi connectivity index (χ1n) is 22.1. The Bertz CT molecular complexity index is 3950. The number of para-hydroxylation sites is 2. The van der Waals surface area contributed by atoms with Gasteiger partial charge in [0.1, 0.15) is 0 Å². The summed E-state index contributed by atoms with van der Waals surface area (Å²) in [7, 11) is 0. The monoisotopic (exact) mass is 812 g/mol. The fourth-order valence-electron chi connectivity index (χ4n) is 10.4. The van der Waals surface area contributed by atoms with Crippen molar-refractivity contribution in [3.05, 3.63) is 243 Å². The first kappa shape index (κ1) is 36.2. The fourth-order valence-corrected chi connectivity index (χ4v) is 10.4. The van der Waals surface area contributed by atoms with Crippen LogP contribution in [0, 0.1) is 0 Å². The lowest BCUT2D eigenvalue weighted by Gasteiger charge is -2.27. The quantitative estimate of drug-likeness (QED) is 0.152. The minimum Gasteiger partial charge on any atom is -0.310 e. The van der Waals surface area contributed by atoms with Crippen molar-refractivity contribution in [2.45, 2.75) is 0 Å². The lowest BCUT2D eigenvalue weighted by atomic mass is 9.92. The Balaban J connectivity index is 1.03. The molecule has 298 valence electrons. The van der Waals surface area contributed by atoms with E-state index in [-0.39, 0.29) is 0 Å². The van der Waals surface area contributed by atoms with Gasteiger partial charge in [0, 0.05) is 33.5 Å². The van der Waals surface area contributed by atoms with E-state index in [1.54, 1.807) is 0 Å². The summed E-state index contributed by atoms with van der Waals surface area (Å²) in [4.78, 5) is 2.43. The zero-order chi connectivity index (χ0) is 42.1. The Kier molecular flexibility index (Phi) is 8.25. The molecule has 0 atom stereocenters. The fraction of sp³-hybridized carbons (Fsp3) is 0. The van der Waals surface area contributed by atoms with Crippen molar-refractivity contribution in [2.75, 3.05) is 4.90 Å². The van der Waals surface area contributed by atoms with Gasteiger partial charge in [-0.3, -0.25) is 0 Å². The summed E-state index contributed by atoms with van der Waals surface area (Å²) in [5.74, 6) is 0. The summed E-state index contributed by atoms with van der Waals surface area (Å²) in [5, 5.41) is 15.0. The number of nitrogens with zero attached hydrogens (tertiary/aromatic N) is 2. The molecule has 13 rings (SSSR count). The van der Waals surface area contributed by atoms with E-state index in [2.05, 4.69) is 252 Å². The average molecular weight is 813 g/mol. The van der Waals surface area contributed by atoms with Crippen molar-refractivity contribution >= 4 is 92.7 Å². The SMILES string of the molecule is c1ccc(-n2c3ccccc3c3c(-c4cccc(N(c5ccc(-c6cc7ccccc7c7ccccc67)cc5)c5ccc6c(ccc7ccccc76)c5)c4)c4ccccc4cc32)cc1.